The molecule has 0 spiro atoms. The van der Waals surface area contributed by atoms with Crippen LogP contribution in [0.15, 0.2) is 50.6 Å². The lowest BCUT2D eigenvalue weighted by Crippen LogP contribution is -2.28. The highest BCUT2D eigenvalue weighted by atomic mass is 16.5. The van der Waals surface area contributed by atoms with E-state index in [1.165, 1.54) is 0 Å². The zero-order valence-electron chi connectivity index (χ0n) is 17.0. The summed E-state index contributed by atoms with van der Waals surface area (Å²) in [6.45, 7) is 21.6. The average Bonchev–Trinajstić information content (AvgIpc) is 3.06. The fourth-order valence-corrected chi connectivity index (χ4v) is 2.43. The maximum atomic E-state index is 11.5. The topological polar surface area (TPSA) is 52.6 Å². The monoisotopic (exact) mass is 364 g/mol. The second-order valence-corrected chi connectivity index (χ2v) is 6.43. The van der Waals surface area contributed by atoms with E-state index >= 15 is 0 Å². The Morgan fingerprint density at radius 3 is 1.81 bits per heavy atom. The van der Waals surface area contributed by atoms with Crippen molar-refractivity contribution in [1.82, 2.24) is 0 Å². The molecule has 0 aromatic heterocycles. The highest BCUT2D eigenvalue weighted by molar-refractivity contribution is 5.77. The zero-order chi connectivity index (χ0) is 20.6. The van der Waals surface area contributed by atoms with Gasteiger partial charge in [0.25, 0.3) is 0 Å². The van der Waals surface area contributed by atoms with Crippen molar-refractivity contribution in [2.45, 2.75) is 53.4 Å². The molecular weight excluding hydrogens is 328 g/mol. The fourth-order valence-electron chi connectivity index (χ4n) is 2.43. The number of carbonyl (C=O) groups is 2. The van der Waals surface area contributed by atoms with Crippen molar-refractivity contribution >= 4 is 11.9 Å². The maximum absolute atomic E-state index is 11.5. The molecule has 0 saturated heterocycles. The minimum absolute atomic E-state index is 0.0648. The van der Waals surface area contributed by atoms with Gasteiger partial charge in [-0.2, -0.15) is 0 Å². The maximum Gasteiger partial charge on any atom is 0.312 e. The zero-order valence-corrected chi connectivity index (χ0v) is 17.0. The van der Waals surface area contributed by atoms with E-state index in [2.05, 4.69) is 26.3 Å². The molecule has 0 N–H and O–H groups in total. The van der Waals surface area contributed by atoms with E-state index in [1.54, 1.807) is 19.1 Å². The highest BCUT2D eigenvalue weighted by Gasteiger charge is 2.34. The molecule has 0 aliphatic heterocycles. The summed E-state index contributed by atoms with van der Waals surface area (Å²) in [5, 5.41) is 0. The van der Waals surface area contributed by atoms with Gasteiger partial charge in [-0.1, -0.05) is 24.3 Å². The predicted octanol–water partition coefficient (Wildman–Crippen LogP) is 5.42. The second-order valence-electron chi connectivity index (χ2n) is 6.43. The SMILES string of the molecule is C=C.C=CCC(C)(CC=C)C(=O)OCC.CCOC(=O)C1(C)CC=CC1. The number of carbonyl (C=O) groups excluding carboxylic acids is 2. The first-order chi connectivity index (χ1) is 12.3. The van der Waals surface area contributed by atoms with E-state index in [0.717, 1.165) is 12.8 Å². The van der Waals surface area contributed by atoms with Gasteiger partial charge in [0.15, 0.2) is 0 Å². The number of hydrogen-bond acceptors (Lipinski definition) is 4. The lowest BCUT2D eigenvalue weighted by atomic mass is 9.83. The van der Waals surface area contributed by atoms with Gasteiger partial charge in [0.2, 0.25) is 0 Å². The van der Waals surface area contributed by atoms with Gasteiger partial charge in [0, 0.05) is 0 Å². The van der Waals surface area contributed by atoms with Crippen LogP contribution in [-0.4, -0.2) is 25.2 Å². The van der Waals surface area contributed by atoms with E-state index in [-0.39, 0.29) is 17.4 Å². The quantitative estimate of drug-likeness (QED) is 0.426. The normalized spacial score (nSPS) is 14.0. The van der Waals surface area contributed by atoms with Crippen LogP contribution in [0.5, 0.6) is 0 Å². The summed E-state index contributed by atoms with van der Waals surface area (Å²) < 4.78 is 9.93. The summed E-state index contributed by atoms with van der Waals surface area (Å²) in [6.07, 6.45) is 10.4. The molecule has 0 heterocycles. The van der Waals surface area contributed by atoms with Gasteiger partial charge in [-0.25, -0.2) is 0 Å². The Bertz CT molecular complexity index is 459. The van der Waals surface area contributed by atoms with Gasteiger partial charge in [-0.15, -0.1) is 26.3 Å². The minimum atomic E-state index is -0.487. The van der Waals surface area contributed by atoms with Crippen molar-refractivity contribution in [3.8, 4) is 0 Å². The molecule has 26 heavy (non-hydrogen) atoms. The Morgan fingerprint density at radius 1 is 1.04 bits per heavy atom. The molecule has 0 aromatic rings. The molecule has 1 rings (SSSR count). The molecule has 0 bridgehead atoms. The fraction of sp³-hybridized carbons (Fsp3) is 0.545. The third-order valence-electron chi connectivity index (χ3n) is 4.03. The third-order valence-corrected chi connectivity index (χ3v) is 4.03. The first kappa shape index (κ1) is 26.1. The first-order valence-corrected chi connectivity index (χ1v) is 9.01. The van der Waals surface area contributed by atoms with Crippen molar-refractivity contribution < 1.29 is 19.1 Å². The highest BCUT2D eigenvalue weighted by Crippen LogP contribution is 2.33. The van der Waals surface area contributed by atoms with Crippen molar-refractivity contribution in [2.24, 2.45) is 10.8 Å². The number of ether oxygens (including phenoxy) is 2. The number of rotatable bonds is 8. The molecular formula is C22H36O4. The molecule has 0 radical (unpaired) electrons. The van der Waals surface area contributed by atoms with Crippen LogP contribution >= 0.6 is 0 Å². The largest absolute Gasteiger partial charge is 0.466 e. The Balaban J connectivity index is 0. The number of hydrogen-bond donors (Lipinski definition) is 0. The molecule has 0 aromatic carbocycles. The van der Waals surface area contributed by atoms with E-state index in [9.17, 15) is 9.59 Å². The van der Waals surface area contributed by atoms with Crippen LogP contribution in [-0.2, 0) is 19.1 Å². The summed E-state index contributed by atoms with van der Waals surface area (Å²) in [5.41, 5.74) is -0.754. The van der Waals surface area contributed by atoms with E-state index in [0.29, 0.717) is 26.1 Å². The molecule has 0 fully saturated rings. The van der Waals surface area contributed by atoms with Crippen molar-refractivity contribution in [3.05, 3.63) is 50.6 Å². The molecule has 0 unspecified atom stereocenters. The smallest absolute Gasteiger partial charge is 0.312 e. The first-order valence-electron chi connectivity index (χ1n) is 9.01. The molecule has 0 amide bonds. The Kier molecular flexibility index (Phi) is 14.2. The molecule has 4 nitrogen and oxygen atoms in total. The van der Waals surface area contributed by atoms with Gasteiger partial charge in [0.1, 0.15) is 0 Å². The van der Waals surface area contributed by atoms with Crippen LogP contribution in [0.4, 0.5) is 0 Å². The number of allylic oxidation sites excluding steroid dienone is 4. The Labute approximate surface area is 159 Å². The molecule has 4 heteroatoms. The van der Waals surface area contributed by atoms with Gasteiger partial charge >= 0.3 is 11.9 Å². The minimum Gasteiger partial charge on any atom is -0.466 e. The Hall–Kier alpha value is -2.10. The molecule has 1 aliphatic rings. The van der Waals surface area contributed by atoms with E-state index in [1.807, 2.05) is 32.9 Å². The van der Waals surface area contributed by atoms with E-state index < -0.39 is 5.41 Å². The summed E-state index contributed by atoms with van der Waals surface area (Å²) in [4.78, 5) is 22.8. The van der Waals surface area contributed by atoms with E-state index in [4.69, 9.17) is 9.47 Å². The van der Waals surface area contributed by atoms with Crippen LogP contribution < -0.4 is 0 Å². The molecule has 148 valence electrons. The van der Waals surface area contributed by atoms with Crippen molar-refractivity contribution in [2.75, 3.05) is 13.2 Å². The standard InChI is InChI=1S/C11H18O2.C9H14O2.C2H4/c1-5-8-11(4,9-6-2)10(12)13-7-3;1-3-11-8(10)9(2)6-4-5-7-9;1-2/h5-6H,1-2,7-9H2,3-4H3;4-5H,3,6-7H2,1-2H3;1-2H2. The Morgan fingerprint density at radius 2 is 1.46 bits per heavy atom. The van der Waals surface area contributed by atoms with Gasteiger partial charge < -0.3 is 9.47 Å². The lowest BCUT2D eigenvalue weighted by molar-refractivity contribution is -0.154. The van der Waals surface area contributed by atoms with Crippen LogP contribution in [0.2, 0.25) is 0 Å². The summed E-state index contributed by atoms with van der Waals surface area (Å²) >= 11 is 0. The van der Waals surface area contributed by atoms with Crippen LogP contribution in [0.25, 0.3) is 0 Å². The van der Waals surface area contributed by atoms with Crippen molar-refractivity contribution in [3.63, 3.8) is 0 Å². The van der Waals surface area contributed by atoms with Crippen LogP contribution in [0.1, 0.15) is 53.4 Å². The van der Waals surface area contributed by atoms with Crippen LogP contribution in [0.3, 0.4) is 0 Å². The second kappa shape index (κ2) is 14.1. The average molecular weight is 365 g/mol. The summed E-state index contributed by atoms with van der Waals surface area (Å²) in [5.74, 6) is -0.236. The van der Waals surface area contributed by atoms with Crippen molar-refractivity contribution in [1.29, 1.82) is 0 Å². The van der Waals surface area contributed by atoms with Gasteiger partial charge in [-0.05, 0) is 53.4 Å². The molecule has 0 atom stereocenters. The molecule has 1 aliphatic carbocycles. The summed E-state index contributed by atoms with van der Waals surface area (Å²) in [6, 6.07) is 0. The van der Waals surface area contributed by atoms with Crippen LogP contribution in [0, 0.1) is 10.8 Å². The van der Waals surface area contributed by atoms with Gasteiger partial charge in [-0.3, -0.25) is 9.59 Å². The predicted molar refractivity (Wildman–Crippen MR) is 109 cm³/mol. The third kappa shape index (κ3) is 8.84. The lowest BCUT2D eigenvalue weighted by Gasteiger charge is -2.24. The van der Waals surface area contributed by atoms with Gasteiger partial charge in [0.05, 0.1) is 24.0 Å². The number of esters is 2. The summed E-state index contributed by atoms with van der Waals surface area (Å²) in [7, 11) is 0. The molecule has 0 saturated carbocycles.